The molecule has 2 N–H and O–H groups in total. The van der Waals surface area contributed by atoms with E-state index in [0.717, 1.165) is 9.35 Å². The van der Waals surface area contributed by atoms with Crippen molar-refractivity contribution in [2.45, 2.75) is 6.61 Å². The Kier molecular flexibility index (Phi) is 3.74. The van der Waals surface area contributed by atoms with E-state index in [0.29, 0.717) is 23.1 Å². The third-order valence-corrected chi connectivity index (χ3v) is 3.63. The molecule has 1 aromatic heterocycles. The van der Waals surface area contributed by atoms with Gasteiger partial charge in [-0.15, -0.1) is 11.3 Å². The molecule has 84 valence electrons. The molecule has 1 heterocycles. The minimum Gasteiger partial charge on any atom is -0.485 e. The maximum Gasteiger partial charge on any atom is 0.156 e. The Balaban J connectivity index is 2.15. The van der Waals surface area contributed by atoms with Crippen LogP contribution in [0.1, 0.15) is 4.88 Å². The largest absolute Gasteiger partial charge is 0.485 e. The van der Waals surface area contributed by atoms with Crippen LogP contribution < -0.4 is 10.5 Å². The van der Waals surface area contributed by atoms with Gasteiger partial charge in [0.1, 0.15) is 6.61 Å². The van der Waals surface area contributed by atoms with Crippen molar-refractivity contribution in [3.8, 4) is 5.75 Å². The number of hydrogen-bond donors (Lipinski definition) is 1. The lowest BCUT2D eigenvalue weighted by atomic mass is 10.3. The van der Waals surface area contributed by atoms with Crippen LogP contribution in [-0.4, -0.2) is 0 Å². The second-order valence-corrected chi connectivity index (χ2v) is 5.50. The maximum atomic E-state index is 5.86. The predicted molar refractivity (Wildman–Crippen MR) is 72.2 cm³/mol. The van der Waals surface area contributed by atoms with Crippen LogP contribution in [0.25, 0.3) is 0 Å². The highest BCUT2D eigenvalue weighted by Crippen LogP contribution is 2.35. The van der Waals surface area contributed by atoms with Crippen LogP contribution >= 0.6 is 38.9 Å². The lowest BCUT2D eigenvalue weighted by Gasteiger charge is -2.10. The van der Waals surface area contributed by atoms with Gasteiger partial charge >= 0.3 is 0 Å². The Morgan fingerprint density at radius 3 is 2.88 bits per heavy atom. The van der Waals surface area contributed by atoms with Gasteiger partial charge in [-0.2, -0.15) is 0 Å². The number of nitrogens with two attached hydrogens (primary N) is 1. The van der Waals surface area contributed by atoms with Gasteiger partial charge in [0.2, 0.25) is 0 Å². The highest BCUT2D eigenvalue weighted by Gasteiger charge is 2.08. The highest BCUT2D eigenvalue weighted by molar-refractivity contribution is 9.10. The van der Waals surface area contributed by atoms with Gasteiger partial charge in [0, 0.05) is 9.90 Å². The van der Waals surface area contributed by atoms with Crippen LogP contribution in [0.3, 0.4) is 0 Å². The van der Waals surface area contributed by atoms with Gasteiger partial charge < -0.3 is 10.5 Å². The number of anilines is 1. The Labute approximate surface area is 111 Å². The Hall–Kier alpha value is -0.710. The van der Waals surface area contributed by atoms with E-state index in [-0.39, 0.29) is 0 Å². The molecule has 0 saturated carbocycles. The molecular weight excluding hydrogens is 310 g/mol. The van der Waals surface area contributed by atoms with E-state index in [4.69, 9.17) is 22.1 Å². The van der Waals surface area contributed by atoms with E-state index in [2.05, 4.69) is 15.9 Å². The summed E-state index contributed by atoms with van der Waals surface area (Å²) in [5.74, 6) is 0.637. The van der Waals surface area contributed by atoms with Crippen LogP contribution in [-0.2, 0) is 6.61 Å². The van der Waals surface area contributed by atoms with Gasteiger partial charge in [0.05, 0.1) is 10.2 Å². The van der Waals surface area contributed by atoms with Gasteiger partial charge in [0.25, 0.3) is 0 Å². The highest BCUT2D eigenvalue weighted by atomic mass is 79.9. The van der Waals surface area contributed by atoms with Crippen molar-refractivity contribution in [3.05, 3.63) is 44.0 Å². The van der Waals surface area contributed by atoms with Crippen LogP contribution in [0.2, 0.25) is 5.02 Å². The van der Waals surface area contributed by atoms with Crippen LogP contribution in [0, 0.1) is 0 Å². The van der Waals surface area contributed by atoms with Crippen LogP contribution in [0.15, 0.2) is 34.1 Å². The minimum absolute atomic E-state index is 0.516. The SMILES string of the molecule is Nc1cc(Cl)cc(Br)c1OCc1cccs1. The summed E-state index contributed by atoms with van der Waals surface area (Å²) < 4.78 is 6.42. The molecule has 0 amide bonds. The summed E-state index contributed by atoms with van der Waals surface area (Å²) in [5.41, 5.74) is 6.36. The van der Waals surface area contributed by atoms with E-state index in [1.165, 1.54) is 0 Å². The molecule has 0 aliphatic heterocycles. The second kappa shape index (κ2) is 5.08. The summed E-state index contributed by atoms with van der Waals surface area (Å²) in [5, 5.41) is 2.60. The lowest BCUT2D eigenvalue weighted by molar-refractivity contribution is 0.309. The fourth-order valence-electron chi connectivity index (χ4n) is 1.27. The fraction of sp³-hybridized carbons (Fsp3) is 0.0909. The molecule has 0 unspecified atom stereocenters. The van der Waals surface area contributed by atoms with Crippen molar-refractivity contribution >= 4 is 44.6 Å². The zero-order valence-electron chi connectivity index (χ0n) is 8.24. The molecular formula is C11H9BrClNOS. The van der Waals surface area contributed by atoms with Crippen LogP contribution in [0.5, 0.6) is 5.75 Å². The van der Waals surface area contributed by atoms with E-state index < -0.39 is 0 Å². The molecule has 2 rings (SSSR count). The van der Waals surface area contributed by atoms with Gasteiger partial charge in [-0.1, -0.05) is 17.7 Å². The zero-order valence-corrected chi connectivity index (χ0v) is 11.4. The van der Waals surface area contributed by atoms with E-state index >= 15 is 0 Å². The standard InChI is InChI=1S/C11H9BrClNOS/c12-9-4-7(13)5-10(14)11(9)15-6-8-2-1-3-16-8/h1-5H,6,14H2. The van der Waals surface area contributed by atoms with Crippen molar-refractivity contribution in [2.24, 2.45) is 0 Å². The summed E-state index contributed by atoms with van der Waals surface area (Å²) in [4.78, 5) is 1.15. The summed E-state index contributed by atoms with van der Waals surface area (Å²) in [7, 11) is 0. The molecule has 2 aromatic rings. The lowest BCUT2D eigenvalue weighted by Crippen LogP contribution is -1.98. The predicted octanol–water partition coefficient (Wildman–Crippen LogP) is 4.33. The number of halogens is 2. The molecule has 0 aliphatic carbocycles. The van der Waals surface area contributed by atoms with Gasteiger partial charge in [-0.25, -0.2) is 0 Å². The molecule has 0 saturated heterocycles. The third-order valence-electron chi connectivity index (χ3n) is 1.98. The first-order valence-corrected chi connectivity index (χ1v) is 6.61. The Morgan fingerprint density at radius 1 is 1.44 bits per heavy atom. The Bertz CT molecular complexity index is 464. The Morgan fingerprint density at radius 2 is 2.25 bits per heavy atom. The monoisotopic (exact) mass is 317 g/mol. The van der Waals surface area contributed by atoms with Crippen molar-refractivity contribution < 1.29 is 4.74 Å². The number of thiophene rings is 1. The molecule has 0 atom stereocenters. The third kappa shape index (κ3) is 2.70. The number of ether oxygens (including phenoxy) is 1. The molecule has 16 heavy (non-hydrogen) atoms. The molecule has 1 aromatic carbocycles. The number of rotatable bonds is 3. The average Bonchev–Trinajstić information content (AvgIpc) is 2.68. The average molecular weight is 319 g/mol. The first-order valence-electron chi connectivity index (χ1n) is 4.56. The molecule has 0 fully saturated rings. The van der Waals surface area contributed by atoms with E-state index in [1.807, 2.05) is 17.5 Å². The smallest absolute Gasteiger partial charge is 0.156 e. The molecule has 0 spiro atoms. The van der Waals surface area contributed by atoms with Crippen molar-refractivity contribution in [1.29, 1.82) is 0 Å². The molecule has 5 heteroatoms. The number of hydrogen-bond acceptors (Lipinski definition) is 3. The number of nitrogen functional groups attached to an aromatic ring is 1. The number of benzene rings is 1. The molecule has 0 bridgehead atoms. The quantitative estimate of drug-likeness (QED) is 0.855. The van der Waals surface area contributed by atoms with E-state index in [9.17, 15) is 0 Å². The summed E-state index contributed by atoms with van der Waals surface area (Å²) in [6.07, 6.45) is 0. The van der Waals surface area contributed by atoms with Crippen molar-refractivity contribution in [2.75, 3.05) is 5.73 Å². The van der Waals surface area contributed by atoms with Crippen molar-refractivity contribution in [3.63, 3.8) is 0 Å². The topological polar surface area (TPSA) is 35.2 Å². The zero-order chi connectivity index (χ0) is 11.5. The first kappa shape index (κ1) is 11.8. The summed E-state index contributed by atoms with van der Waals surface area (Å²) in [6, 6.07) is 7.45. The first-order chi connectivity index (χ1) is 7.66. The molecule has 2 nitrogen and oxygen atoms in total. The summed E-state index contributed by atoms with van der Waals surface area (Å²) >= 11 is 10.9. The second-order valence-electron chi connectivity index (χ2n) is 3.17. The molecule has 0 radical (unpaired) electrons. The van der Waals surface area contributed by atoms with E-state index in [1.54, 1.807) is 23.5 Å². The van der Waals surface area contributed by atoms with Gasteiger partial charge in [-0.05, 0) is 39.5 Å². The maximum absolute atomic E-state index is 5.86. The van der Waals surface area contributed by atoms with Gasteiger partial charge in [0.15, 0.2) is 5.75 Å². The van der Waals surface area contributed by atoms with Crippen LogP contribution in [0.4, 0.5) is 5.69 Å². The van der Waals surface area contributed by atoms with Crippen molar-refractivity contribution in [1.82, 2.24) is 0 Å². The fourth-order valence-corrected chi connectivity index (χ4v) is 2.84. The minimum atomic E-state index is 0.516. The van der Waals surface area contributed by atoms with Gasteiger partial charge in [-0.3, -0.25) is 0 Å². The molecule has 0 aliphatic rings. The normalized spacial score (nSPS) is 10.4. The summed E-state index contributed by atoms with van der Waals surface area (Å²) in [6.45, 7) is 0.516.